The second-order valence-electron chi connectivity index (χ2n) is 5.48. The molecule has 0 saturated heterocycles. The van der Waals surface area contributed by atoms with Crippen LogP contribution in [0.3, 0.4) is 0 Å². The zero-order valence-corrected chi connectivity index (χ0v) is 13.1. The Balaban J connectivity index is 2.66. The molecule has 0 aliphatic heterocycles. The molecule has 1 aromatic rings. The minimum Gasteiger partial charge on any atom is -0.395 e. The van der Waals surface area contributed by atoms with Crippen LogP contribution in [0.15, 0.2) is 24.3 Å². The third-order valence-corrected chi connectivity index (χ3v) is 3.42. The lowest BCUT2D eigenvalue weighted by atomic mass is 10.00. The number of benzene rings is 1. The van der Waals surface area contributed by atoms with Gasteiger partial charge in [-0.3, -0.25) is 4.79 Å². The van der Waals surface area contributed by atoms with Gasteiger partial charge in [0.15, 0.2) is 0 Å². The number of hydrogen-bond donors (Lipinski definition) is 2. The van der Waals surface area contributed by atoms with E-state index >= 15 is 0 Å². The van der Waals surface area contributed by atoms with Crippen molar-refractivity contribution in [2.75, 3.05) is 6.61 Å². The van der Waals surface area contributed by atoms with Gasteiger partial charge in [-0.2, -0.15) is 0 Å². The van der Waals surface area contributed by atoms with Crippen molar-refractivity contribution in [2.45, 2.75) is 46.1 Å². The Morgan fingerprint density at radius 1 is 1.38 bits per heavy atom. The molecule has 0 radical (unpaired) electrons. The highest BCUT2D eigenvalue weighted by molar-refractivity contribution is 5.94. The lowest BCUT2D eigenvalue weighted by molar-refractivity contribution is 0.0935. The molecule has 2 N–H and O–H groups in total. The third-order valence-electron chi connectivity index (χ3n) is 3.42. The van der Waals surface area contributed by atoms with Gasteiger partial charge in [0, 0.05) is 23.6 Å². The maximum atomic E-state index is 12.2. The molecule has 2 atom stereocenters. The van der Waals surface area contributed by atoms with E-state index in [2.05, 4.69) is 31.0 Å². The molecular formula is C18H25NO2. The Kier molecular flexibility index (Phi) is 7.56. The van der Waals surface area contributed by atoms with E-state index < -0.39 is 0 Å². The first-order valence-electron chi connectivity index (χ1n) is 7.57. The van der Waals surface area contributed by atoms with Crippen LogP contribution < -0.4 is 5.32 Å². The molecular weight excluding hydrogens is 262 g/mol. The topological polar surface area (TPSA) is 49.3 Å². The van der Waals surface area contributed by atoms with Crippen LogP contribution in [0.2, 0.25) is 0 Å². The maximum absolute atomic E-state index is 12.2. The van der Waals surface area contributed by atoms with E-state index in [0.717, 1.165) is 18.4 Å². The van der Waals surface area contributed by atoms with Gasteiger partial charge < -0.3 is 10.4 Å². The van der Waals surface area contributed by atoms with Crippen molar-refractivity contribution in [3.63, 3.8) is 0 Å². The molecule has 0 aromatic heterocycles. The van der Waals surface area contributed by atoms with Crippen molar-refractivity contribution < 1.29 is 9.90 Å². The van der Waals surface area contributed by atoms with E-state index in [-0.39, 0.29) is 18.6 Å². The number of aliphatic hydroxyl groups excluding tert-OH is 1. The van der Waals surface area contributed by atoms with E-state index in [9.17, 15) is 4.79 Å². The minimum atomic E-state index is -0.0587. The van der Waals surface area contributed by atoms with Gasteiger partial charge in [-0.1, -0.05) is 38.2 Å². The monoisotopic (exact) mass is 287 g/mol. The van der Waals surface area contributed by atoms with Gasteiger partial charge in [0.25, 0.3) is 5.91 Å². The molecule has 0 saturated carbocycles. The summed E-state index contributed by atoms with van der Waals surface area (Å²) in [4.78, 5) is 12.2. The normalized spacial score (nSPS) is 13.0. The first-order valence-corrected chi connectivity index (χ1v) is 7.57. The van der Waals surface area contributed by atoms with Crippen LogP contribution in [0.25, 0.3) is 0 Å². The number of carbonyl (C=O) groups is 1. The van der Waals surface area contributed by atoms with Gasteiger partial charge in [-0.15, -0.1) is 0 Å². The van der Waals surface area contributed by atoms with E-state index in [0.29, 0.717) is 17.9 Å². The molecule has 114 valence electrons. The van der Waals surface area contributed by atoms with Crippen LogP contribution in [0, 0.1) is 17.8 Å². The quantitative estimate of drug-likeness (QED) is 0.790. The lowest BCUT2D eigenvalue weighted by Crippen LogP contribution is -2.33. The number of aliphatic hydroxyl groups is 1. The van der Waals surface area contributed by atoms with Gasteiger partial charge in [0.1, 0.15) is 0 Å². The second-order valence-corrected chi connectivity index (χ2v) is 5.48. The van der Waals surface area contributed by atoms with Crippen LogP contribution >= 0.6 is 0 Å². The number of carbonyl (C=O) groups excluding carboxylic acids is 1. The first-order chi connectivity index (χ1) is 10.1. The Hall–Kier alpha value is -1.79. The summed E-state index contributed by atoms with van der Waals surface area (Å²) < 4.78 is 0. The predicted octanol–water partition coefficient (Wildman–Crippen LogP) is 2.98. The van der Waals surface area contributed by atoms with Crippen LogP contribution in [0.1, 0.15) is 56.0 Å². The minimum absolute atomic E-state index is 0.0559. The molecule has 1 aromatic carbocycles. The average Bonchev–Trinajstić information content (AvgIpc) is 2.47. The fourth-order valence-corrected chi connectivity index (χ4v) is 2.09. The van der Waals surface area contributed by atoms with E-state index in [1.807, 2.05) is 19.1 Å². The Morgan fingerprint density at radius 2 is 2.14 bits per heavy atom. The second kappa shape index (κ2) is 9.20. The van der Waals surface area contributed by atoms with Crippen LogP contribution in [-0.4, -0.2) is 23.7 Å². The van der Waals surface area contributed by atoms with Crippen LogP contribution in [-0.2, 0) is 0 Å². The van der Waals surface area contributed by atoms with E-state index in [4.69, 9.17) is 5.11 Å². The molecule has 0 aliphatic carbocycles. The van der Waals surface area contributed by atoms with Crippen molar-refractivity contribution in [2.24, 2.45) is 5.92 Å². The molecule has 3 heteroatoms. The Morgan fingerprint density at radius 3 is 2.81 bits per heavy atom. The number of hydrogen-bond acceptors (Lipinski definition) is 2. The van der Waals surface area contributed by atoms with Crippen molar-refractivity contribution in [1.82, 2.24) is 5.32 Å². The highest BCUT2D eigenvalue weighted by atomic mass is 16.2. The molecule has 1 amide bonds. The summed E-state index contributed by atoms with van der Waals surface area (Å²) in [5.74, 6) is 6.35. The molecule has 0 fully saturated rings. The smallest absolute Gasteiger partial charge is 0.251 e. The molecule has 0 heterocycles. The predicted molar refractivity (Wildman–Crippen MR) is 86.0 cm³/mol. The summed E-state index contributed by atoms with van der Waals surface area (Å²) in [6.45, 7) is 6.45. The fourth-order valence-electron chi connectivity index (χ4n) is 2.09. The standard InChI is InChI=1S/C18H25NO2/c1-4-14(2)12-15(3)19-18(21)17-10-7-9-16(13-17)8-5-6-11-20/h7,9-10,13-15,20H,4,6,11-12H2,1-3H3,(H,19,21). The highest BCUT2D eigenvalue weighted by Crippen LogP contribution is 2.10. The summed E-state index contributed by atoms with van der Waals surface area (Å²) in [6, 6.07) is 7.44. The summed E-state index contributed by atoms with van der Waals surface area (Å²) in [5, 5.41) is 11.7. The fraction of sp³-hybridized carbons (Fsp3) is 0.500. The maximum Gasteiger partial charge on any atom is 0.251 e. The third kappa shape index (κ3) is 6.46. The summed E-state index contributed by atoms with van der Waals surface area (Å²) >= 11 is 0. The van der Waals surface area contributed by atoms with Gasteiger partial charge in [0.05, 0.1) is 6.61 Å². The molecule has 3 nitrogen and oxygen atoms in total. The summed E-state index contributed by atoms with van der Waals surface area (Å²) in [6.07, 6.45) is 2.55. The van der Waals surface area contributed by atoms with Gasteiger partial charge >= 0.3 is 0 Å². The van der Waals surface area contributed by atoms with E-state index in [1.165, 1.54) is 0 Å². The zero-order chi connectivity index (χ0) is 15.7. The van der Waals surface area contributed by atoms with E-state index in [1.54, 1.807) is 12.1 Å². The molecule has 1 rings (SSSR count). The molecule has 21 heavy (non-hydrogen) atoms. The molecule has 2 unspecified atom stereocenters. The summed E-state index contributed by atoms with van der Waals surface area (Å²) in [5.41, 5.74) is 1.42. The van der Waals surface area contributed by atoms with Gasteiger partial charge in [0.2, 0.25) is 0 Å². The van der Waals surface area contributed by atoms with Crippen molar-refractivity contribution in [3.05, 3.63) is 35.4 Å². The largest absolute Gasteiger partial charge is 0.395 e. The highest BCUT2D eigenvalue weighted by Gasteiger charge is 2.12. The van der Waals surface area contributed by atoms with Crippen molar-refractivity contribution >= 4 is 5.91 Å². The number of nitrogens with one attached hydrogen (secondary N) is 1. The molecule has 0 spiro atoms. The molecule has 0 bridgehead atoms. The number of amides is 1. The average molecular weight is 287 g/mol. The Labute approximate surface area is 127 Å². The van der Waals surface area contributed by atoms with Crippen molar-refractivity contribution in [1.29, 1.82) is 0 Å². The zero-order valence-electron chi connectivity index (χ0n) is 13.1. The van der Waals surface area contributed by atoms with Gasteiger partial charge in [-0.25, -0.2) is 0 Å². The Bertz CT molecular complexity index is 513. The number of rotatable bonds is 6. The first kappa shape index (κ1) is 17.3. The summed E-state index contributed by atoms with van der Waals surface area (Å²) in [7, 11) is 0. The van der Waals surface area contributed by atoms with Crippen molar-refractivity contribution in [3.8, 4) is 11.8 Å². The SMILES string of the molecule is CCC(C)CC(C)NC(=O)c1cccc(C#CCCO)c1. The van der Waals surface area contributed by atoms with Crippen LogP contribution in [0.5, 0.6) is 0 Å². The lowest BCUT2D eigenvalue weighted by Gasteiger charge is -2.17. The molecule has 0 aliphatic rings. The van der Waals surface area contributed by atoms with Gasteiger partial charge in [-0.05, 0) is 37.5 Å². The van der Waals surface area contributed by atoms with Crippen LogP contribution in [0.4, 0.5) is 0 Å².